The molecule has 0 aliphatic heterocycles. The highest BCUT2D eigenvalue weighted by molar-refractivity contribution is 5.95. The summed E-state index contributed by atoms with van der Waals surface area (Å²) < 4.78 is 31.4. The molecule has 7 nitrogen and oxygen atoms in total. The maximum Gasteiger partial charge on any atom is 0.317 e. The SMILES string of the molecule is NC(=O)COc1cccc(C(=O)NCC2(C(=O)O)CC2(F)F)c1. The van der Waals surface area contributed by atoms with Gasteiger partial charge >= 0.3 is 5.97 Å². The number of carbonyl (C=O) groups is 3. The molecule has 0 saturated heterocycles. The summed E-state index contributed by atoms with van der Waals surface area (Å²) in [7, 11) is 0. The highest BCUT2D eigenvalue weighted by atomic mass is 19.3. The number of nitrogens with one attached hydrogen (secondary N) is 1. The molecule has 1 aromatic carbocycles. The van der Waals surface area contributed by atoms with E-state index in [1.54, 1.807) is 0 Å². The predicted molar refractivity (Wildman–Crippen MR) is 73.1 cm³/mol. The fraction of sp³-hybridized carbons (Fsp3) is 0.357. The van der Waals surface area contributed by atoms with Gasteiger partial charge in [-0.15, -0.1) is 0 Å². The first-order valence-corrected chi connectivity index (χ1v) is 6.58. The van der Waals surface area contributed by atoms with Crippen molar-refractivity contribution in [3.63, 3.8) is 0 Å². The van der Waals surface area contributed by atoms with E-state index in [0.717, 1.165) is 0 Å². The molecular formula is C14H14F2N2O5. The molecule has 0 radical (unpaired) electrons. The number of hydrogen-bond donors (Lipinski definition) is 3. The summed E-state index contributed by atoms with van der Waals surface area (Å²) in [5, 5.41) is 11.1. The summed E-state index contributed by atoms with van der Waals surface area (Å²) in [5.41, 5.74) is 2.76. The van der Waals surface area contributed by atoms with Crippen LogP contribution in [0.15, 0.2) is 24.3 Å². The van der Waals surface area contributed by atoms with Crippen molar-refractivity contribution >= 4 is 17.8 Å². The Balaban J connectivity index is 2.00. The smallest absolute Gasteiger partial charge is 0.317 e. The number of amides is 2. The zero-order valence-electron chi connectivity index (χ0n) is 11.8. The van der Waals surface area contributed by atoms with Crippen LogP contribution in [0.25, 0.3) is 0 Å². The molecule has 23 heavy (non-hydrogen) atoms. The first-order chi connectivity index (χ1) is 10.7. The molecule has 0 bridgehead atoms. The van der Waals surface area contributed by atoms with Crippen LogP contribution in [0.5, 0.6) is 5.75 Å². The maximum atomic E-state index is 13.2. The molecule has 4 N–H and O–H groups in total. The van der Waals surface area contributed by atoms with Crippen molar-refractivity contribution in [3.05, 3.63) is 29.8 Å². The van der Waals surface area contributed by atoms with Crippen LogP contribution in [-0.2, 0) is 9.59 Å². The van der Waals surface area contributed by atoms with Crippen molar-refractivity contribution in [2.45, 2.75) is 12.3 Å². The lowest BCUT2D eigenvalue weighted by Gasteiger charge is -2.13. The molecule has 1 atom stereocenters. The number of hydrogen-bond acceptors (Lipinski definition) is 4. The van der Waals surface area contributed by atoms with E-state index in [0.29, 0.717) is 0 Å². The van der Waals surface area contributed by atoms with Crippen LogP contribution in [0.3, 0.4) is 0 Å². The second kappa shape index (κ2) is 5.82. The van der Waals surface area contributed by atoms with E-state index in [9.17, 15) is 23.2 Å². The molecule has 0 spiro atoms. The van der Waals surface area contributed by atoms with Gasteiger partial charge in [-0.2, -0.15) is 0 Å². The minimum Gasteiger partial charge on any atom is -0.484 e. The van der Waals surface area contributed by atoms with Crippen molar-refractivity contribution in [3.8, 4) is 5.75 Å². The first-order valence-electron chi connectivity index (χ1n) is 6.58. The number of carboxylic acid groups (broad SMARTS) is 1. The lowest BCUT2D eigenvalue weighted by Crippen LogP contribution is -2.37. The predicted octanol–water partition coefficient (Wildman–Crippen LogP) is 0.390. The van der Waals surface area contributed by atoms with Crippen molar-refractivity contribution in [2.24, 2.45) is 11.1 Å². The molecule has 1 aliphatic rings. The van der Waals surface area contributed by atoms with Crippen LogP contribution in [-0.4, -0.2) is 42.0 Å². The van der Waals surface area contributed by atoms with Crippen LogP contribution in [0.2, 0.25) is 0 Å². The van der Waals surface area contributed by atoms with Gasteiger partial charge in [0.2, 0.25) is 0 Å². The number of carboxylic acids is 1. The van der Waals surface area contributed by atoms with Crippen molar-refractivity contribution in [1.82, 2.24) is 5.32 Å². The number of nitrogens with two attached hydrogens (primary N) is 1. The Morgan fingerprint density at radius 3 is 2.52 bits per heavy atom. The van der Waals surface area contributed by atoms with Gasteiger partial charge in [-0.1, -0.05) is 6.07 Å². The second-order valence-corrected chi connectivity index (χ2v) is 5.23. The lowest BCUT2D eigenvalue weighted by atomic mass is 10.1. The molecule has 9 heteroatoms. The summed E-state index contributed by atoms with van der Waals surface area (Å²) in [6.45, 7) is -1.06. The zero-order valence-corrected chi connectivity index (χ0v) is 11.8. The highest BCUT2D eigenvalue weighted by Crippen LogP contribution is 2.60. The standard InChI is InChI=1S/C14H14F2N2O5/c15-14(16)6-13(14,12(21)22)7-18-11(20)8-2-1-3-9(4-8)23-5-10(17)19/h1-4H,5-7H2,(H2,17,19)(H,18,20)(H,21,22). The summed E-state index contributed by atoms with van der Waals surface area (Å²) in [6, 6.07) is 5.62. The number of alkyl halides is 2. The van der Waals surface area contributed by atoms with Crippen LogP contribution in [0.1, 0.15) is 16.8 Å². The van der Waals surface area contributed by atoms with E-state index < -0.39 is 42.1 Å². The molecule has 124 valence electrons. The lowest BCUT2D eigenvalue weighted by molar-refractivity contribution is -0.147. The van der Waals surface area contributed by atoms with Gasteiger partial charge in [0.1, 0.15) is 5.75 Å². The maximum absolute atomic E-state index is 13.2. The molecule has 1 aromatic rings. The quantitative estimate of drug-likeness (QED) is 0.669. The third kappa shape index (κ3) is 3.38. The number of benzene rings is 1. The Labute approximate surface area is 129 Å². The number of carbonyl (C=O) groups excluding carboxylic acids is 2. The van der Waals surface area contributed by atoms with E-state index in [4.69, 9.17) is 15.6 Å². The van der Waals surface area contributed by atoms with E-state index in [1.807, 2.05) is 0 Å². The van der Waals surface area contributed by atoms with Crippen molar-refractivity contribution < 1.29 is 33.0 Å². The molecule has 0 heterocycles. The zero-order chi connectivity index (χ0) is 17.3. The molecule has 2 amide bonds. The molecule has 1 saturated carbocycles. The van der Waals surface area contributed by atoms with Gasteiger partial charge < -0.3 is 20.9 Å². The van der Waals surface area contributed by atoms with Gasteiger partial charge in [-0.3, -0.25) is 14.4 Å². The Kier molecular flexibility index (Phi) is 4.22. The summed E-state index contributed by atoms with van der Waals surface area (Å²) in [4.78, 5) is 33.5. The molecule has 1 fully saturated rings. The summed E-state index contributed by atoms with van der Waals surface area (Å²) >= 11 is 0. The molecule has 1 aliphatic carbocycles. The average Bonchev–Trinajstić information content (AvgIpc) is 3.06. The third-order valence-corrected chi connectivity index (χ3v) is 3.54. The Hall–Kier alpha value is -2.71. The third-order valence-electron chi connectivity index (χ3n) is 3.54. The van der Waals surface area contributed by atoms with Gasteiger partial charge in [0, 0.05) is 18.5 Å². The fourth-order valence-corrected chi connectivity index (χ4v) is 2.05. The largest absolute Gasteiger partial charge is 0.484 e. The molecule has 0 aromatic heterocycles. The number of aliphatic carboxylic acids is 1. The topological polar surface area (TPSA) is 119 Å². The average molecular weight is 328 g/mol. The van der Waals surface area contributed by atoms with Gasteiger partial charge in [0.05, 0.1) is 0 Å². The van der Waals surface area contributed by atoms with E-state index >= 15 is 0 Å². The van der Waals surface area contributed by atoms with Gasteiger partial charge in [0.25, 0.3) is 17.7 Å². The highest BCUT2D eigenvalue weighted by Gasteiger charge is 2.76. The number of halogens is 2. The Morgan fingerprint density at radius 2 is 2.00 bits per heavy atom. The minimum absolute atomic E-state index is 0.0801. The van der Waals surface area contributed by atoms with E-state index in [2.05, 4.69) is 5.32 Å². The second-order valence-electron chi connectivity index (χ2n) is 5.23. The van der Waals surface area contributed by atoms with Crippen LogP contribution in [0, 0.1) is 5.41 Å². The van der Waals surface area contributed by atoms with Crippen LogP contribution >= 0.6 is 0 Å². The summed E-state index contributed by atoms with van der Waals surface area (Å²) in [6.07, 6.45) is -0.808. The fourth-order valence-electron chi connectivity index (χ4n) is 2.05. The van der Waals surface area contributed by atoms with Gasteiger partial charge in [-0.25, -0.2) is 8.78 Å². The van der Waals surface area contributed by atoms with Crippen molar-refractivity contribution in [1.29, 1.82) is 0 Å². The molecule has 1 unspecified atom stereocenters. The van der Waals surface area contributed by atoms with E-state index in [1.165, 1.54) is 24.3 Å². The van der Waals surface area contributed by atoms with E-state index in [-0.39, 0.29) is 17.9 Å². The van der Waals surface area contributed by atoms with Gasteiger partial charge in [-0.05, 0) is 18.2 Å². The Bertz CT molecular complexity index is 664. The minimum atomic E-state index is -3.33. The molecular weight excluding hydrogens is 314 g/mol. The van der Waals surface area contributed by atoms with Crippen LogP contribution in [0.4, 0.5) is 8.78 Å². The normalized spacial score (nSPS) is 21.3. The molecule has 2 rings (SSSR count). The summed E-state index contributed by atoms with van der Waals surface area (Å²) in [5.74, 6) is -6.21. The Morgan fingerprint density at radius 1 is 1.35 bits per heavy atom. The number of primary amides is 1. The van der Waals surface area contributed by atoms with Crippen molar-refractivity contribution in [2.75, 3.05) is 13.2 Å². The monoisotopic (exact) mass is 328 g/mol. The first kappa shape index (κ1) is 16.7. The number of ether oxygens (including phenoxy) is 1. The van der Waals surface area contributed by atoms with Crippen LogP contribution < -0.4 is 15.8 Å². The van der Waals surface area contributed by atoms with Gasteiger partial charge in [0.15, 0.2) is 12.0 Å². The number of rotatable bonds is 7.